The molecular formula is C16H24N2O2. The number of amides is 1. The largest absolute Gasteiger partial charge is 0.484 e. The fourth-order valence-electron chi connectivity index (χ4n) is 2.28. The minimum Gasteiger partial charge on any atom is -0.484 e. The molecule has 110 valence electrons. The van der Waals surface area contributed by atoms with Crippen LogP contribution >= 0.6 is 0 Å². The lowest BCUT2D eigenvalue weighted by molar-refractivity contribution is -0.133. The molecule has 1 aromatic rings. The van der Waals surface area contributed by atoms with Crippen molar-refractivity contribution in [2.24, 2.45) is 0 Å². The van der Waals surface area contributed by atoms with Crippen molar-refractivity contribution in [3.8, 4) is 5.75 Å². The second-order valence-corrected chi connectivity index (χ2v) is 5.50. The Balaban J connectivity index is 1.83. The first-order chi connectivity index (χ1) is 9.66. The molecule has 0 aromatic heterocycles. The smallest absolute Gasteiger partial charge is 0.260 e. The summed E-state index contributed by atoms with van der Waals surface area (Å²) in [4.78, 5) is 13.9. The highest BCUT2D eigenvalue weighted by Gasteiger charge is 2.15. The Bertz CT molecular complexity index is 421. The van der Waals surface area contributed by atoms with Gasteiger partial charge in [0.1, 0.15) is 5.75 Å². The van der Waals surface area contributed by atoms with Crippen LogP contribution in [0.25, 0.3) is 0 Å². The van der Waals surface area contributed by atoms with E-state index in [0.717, 1.165) is 38.3 Å². The Hall–Kier alpha value is -1.55. The maximum atomic E-state index is 12.1. The molecule has 1 N–H and O–H groups in total. The Morgan fingerprint density at radius 2 is 2.00 bits per heavy atom. The van der Waals surface area contributed by atoms with Gasteiger partial charge < -0.3 is 15.0 Å². The van der Waals surface area contributed by atoms with E-state index in [-0.39, 0.29) is 12.5 Å². The maximum Gasteiger partial charge on any atom is 0.260 e. The SMILES string of the molecule is CC(C)c1ccc(OCC(=O)N2CCCNCC2)cc1. The van der Waals surface area contributed by atoms with Gasteiger partial charge in [-0.1, -0.05) is 26.0 Å². The molecule has 2 rings (SSSR count). The fourth-order valence-corrected chi connectivity index (χ4v) is 2.28. The second-order valence-electron chi connectivity index (χ2n) is 5.50. The zero-order chi connectivity index (χ0) is 14.4. The second kappa shape index (κ2) is 7.29. The van der Waals surface area contributed by atoms with Crippen molar-refractivity contribution in [1.82, 2.24) is 10.2 Å². The van der Waals surface area contributed by atoms with Gasteiger partial charge in [0.2, 0.25) is 0 Å². The van der Waals surface area contributed by atoms with Crippen molar-refractivity contribution in [2.45, 2.75) is 26.2 Å². The maximum absolute atomic E-state index is 12.1. The Morgan fingerprint density at radius 1 is 1.25 bits per heavy atom. The first-order valence-corrected chi connectivity index (χ1v) is 7.38. The molecule has 0 aliphatic carbocycles. The summed E-state index contributed by atoms with van der Waals surface area (Å²) in [6, 6.07) is 7.99. The molecule has 1 fully saturated rings. The third kappa shape index (κ3) is 4.23. The van der Waals surface area contributed by atoms with E-state index >= 15 is 0 Å². The van der Waals surface area contributed by atoms with Gasteiger partial charge in [-0.05, 0) is 36.6 Å². The van der Waals surface area contributed by atoms with Gasteiger partial charge in [-0.2, -0.15) is 0 Å². The highest BCUT2D eigenvalue weighted by Crippen LogP contribution is 2.18. The molecule has 1 amide bonds. The summed E-state index contributed by atoms with van der Waals surface area (Å²) in [6.07, 6.45) is 1.01. The first-order valence-electron chi connectivity index (χ1n) is 7.38. The zero-order valence-corrected chi connectivity index (χ0v) is 12.4. The number of carbonyl (C=O) groups is 1. The fraction of sp³-hybridized carbons (Fsp3) is 0.562. The summed E-state index contributed by atoms with van der Waals surface area (Å²) in [6.45, 7) is 7.90. The standard InChI is InChI=1S/C16H24N2O2/c1-13(2)14-4-6-15(7-5-14)20-12-16(19)18-10-3-8-17-9-11-18/h4-7,13,17H,3,8-12H2,1-2H3. The van der Waals surface area contributed by atoms with Gasteiger partial charge in [0.15, 0.2) is 6.61 Å². The van der Waals surface area contributed by atoms with E-state index in [1.165, 1.54) is 5.56 Å². The number of nitrogens with one attached hydrogen (secondary N) is 1. The van der Waals surface area contributed by atoms with Crippen LogP contribution in [-0.4, -0.2) is 43.6 Å². The lowest BCUT2D eigenvalue weighted by Crippen LogP contribution is -2.37. The molecule has 1 aliphatic rings. The van der Waals surface area contributed by atoms with Gasteiger partial charge in [-0.25, -0.2) is 0 Å². The number of rotatable bonds is 4. The molecule has 4 nitrogen and oxygen atoms in total. The van der Waals surface area contributed by atoms with Crippen molar-refractivity contribution in [2.75, 3.05) is 32.8 Å². The molecule has 0 atom stereocenters. The topological polar surface area (TPSA) is 41.6 Å². The van der Waals surface area contributed by atoms with Crippen LogP contribution in [0.5, 0.6) is 5.75 Å². The third-order valence-electron chi connectivity index (χ3n) is 3.60. The van der Waals surface area contributed by atoms with Gasteiger partial charge in [-0.15, -0.1) is 0 Å². The Kier molecular flexibility index (Phi) is 5.41. The van der Waals surface area contributed by atoms with Crippen LogP contribution in [0.4, 0.5) is 0 Å². The van der Waals surface area contributed by atoms with Gasteiger partial charge in [0, 0.05) is 19.6 Å². The number of ether oxygens (including phenoxy) is 1. The molecule has 1 saturated heterocycles. The summed E-state index contributed by atoms with van der Waals surface area (Å²) in [5.74, 6) is 1.34. The van der Waals surface area contributed by atoms with Crippen LogP contribution in [0.2, 0.25) is 0 Å². The zero-order valence-electron chi connectivity index (χ0n) is 12.4. The van der Waals surface area contributed by atoms with E-state index in [2.05, 4.69) is 31.3 Å². The number of hydrogen-bond acceptors (Lipinski definition) is 3. The van der Waals surface area contributed by atoms with Crippen molar-refractivity contribution >= 4 is 5.91 Å². The lowest BCUT2D eigenvalue weighted by atomic mass is 10.0. The third-order valence-corrected chi connectivity index (χ3v) is 3.60. The lowest BCUT2D eigenvalue weighted by Gasteiger charge is -2.20. The van der Waals surface area contributed by atoms with E-state index in [9.17, 15) is 4.79 Å². The van der Waals surface area contributed by atoms with Crippen molar-refractivity contribution in [3.05, 3.63) is 29.8 Å². The normalized spacial score (nSPS) is 16.1. The van der Waals surface area contributed by atoms with E-state index in [1.54, 1.807) is 0 Å². The summed E-state index contributed by atoms with van der Waals surface area (Å²) in [5, 5.41) is 3.29. The first kappa shape index (κ1) is 14.9. The van der Waals surface area contributed by atoms with E-state index < -0.39 is 0 Å². The van der Waals surface area contributed by atoms with Crippen molar-refractivity contribution in [3.63, 3.8) is 0 Å². The average Bonchev–Trinajstić information content (AvgIpc) is 2.74. The Morgan fingerprint density at radius 3 is 2.70 bits per heavy atom. The quantitative estimate of drug-likeness (QED) is 0.914. The van der Waals surface area contributed by atoms with Gasteiger partial charge in [0.05, 0.1) is 0 Å². The van der Waals surface area contributed by atoms with Gasteiger partial charge >= 0.3 is 0 Å². The molecule has 0 unspecified atom stereocenters. The molecule has 1 aliphatic heterocycles. The number of hydrogen-bond donors (Lipinski definition) is 1. The molecule has 1 aromatic carbocycles. The summed E-state index contributed by atoms with van der Waals surface area (Å²) >= 11 is 0. The van der Waals surface area contributed by atoms with E-state index in [4.69, 9.17) is 4.74 Å². The highest BCUT2D eigenvalue weighted by atomic mass is 16.5. The summed E-state index contributed by atoms with van der Waals surface area (Å²) in [5.41, 5.74) is 1.28. The van der Waals surface area contributed by atoms with Gasteiger partial charge in [0.25, 0.3) is 5.91 Å². The molecule has 1 heterocycles. The van der Waals surface area contributed by atoms with Crippen LogP contribution in [0.1, 0.15) is 31.7 Å². The highest BCUT2D eigenvalue weighted by molar-refractivity contribution is 5.77. The van der Waals surface area contributed by atoms with E-state index in [1.807, 2.05) is 17.0 Å². The van der Waals surface area contributed by atoms with Crippen LogP contribution in [0.3, 0.4) is 0 Å². The van der Waals surface area contributed by atoms with Crippen molar-refractivity contribution in [1.29, 1.82) is 0 Å². The average molecular weight is 276 g/mol. The van der Waals surface area contributed by atoms with E-state index in [0.29, 0.717) is 5.92 Å². The van der Waals surface area contributed by atoms with Crippen LogP contribution < -0.4 is 10.1 Å². The molecule has 4 heteroatoms. The molecule has 0 saturated carbocycles. The van der Waals surface area contributed by atoms with Crippen LogP contribution in [0.15, 0.2) is 24.3 Å². The summed E-state index contributed by atoms with van der Waals surface area (Å²) < 4.78 is 5.58. The van der Waals surface area contributed by atoms with Crippen LogP contribution in [0, 0.1) is 0 Å². The molecular weight excluding hydrogens is 252 g/mol. The monoisotopic (exact) mass is 276 g/mol. The number of nitrogens with zero attached hydrogens (tertiary/aromatic N) is 1. The molecule has 0 spiro atoms. The summed E-state index contributed by atoms with van der Waals surface area (Å²) in [7, 11) is 0. The predicted molar refractivity (Wildman–Crippen MR) is 80.1 cm³/mol. The molecule has 0 radical (unpaired) electrons. The molecule has 20 heavy (non-hydrogen) atoms. The minimum atomic E-state index is 0.0710. The van der Waals surface area contributed by atoms with Crippen molar-refractivity contribution < 1.29 is 9.53 Å². The van der Waals surface area contributed by atoms with Crippen LogP contribution in [-0.2, 0) is 4.79 Å². The molecule has 0 bridgehead atoms. The number of carbonyl (C=O) groups excluding carboxylic acids is 1. The number of benzene rings is 1. The predicted octanol–water partition coefficient (Wildman–Crippen LogP) is 2.01. The Labute approximate surface area is 121 Å². The minimum absolute atomic E-state index is 0.0710. The van der Waals surface area contributed by atoms with Gasteiger partial charge in [-0.3, -0.25) is 4.79 Å².